The SMILES string of the molecule is CC(C)(C)CC(O)(CC(C)(C)CC(O)(CC(C)(C)C)C(=O)O)C(=O)O.O=P(O)(O)O.O=P(O)(O)O. The summed E-state index contributed by atoms with van der Waals surface area (Å²) in [6.45, 7) is 14.4. The van der Waals surface area contributed by atoms with Crippen LogP contribution in [0.5, 0.6) is 0 Å². The summed E-state index contributed by atoms with van der Waals surface area (Å²) in [5.74, 6) is -2.66. The third kappa shape index (κ3) is 26.0. The second-order valence-electron chi connectivity index (χ2n) is 11.7. The van der Waals surface area contributed by atoms with Crippen LogP contribution in [0, 0.1) is 16.2 Å². The zero-order chi connectivity index (χ0) is 29.5. The molecule has 0 aromatic heterocycles. The molecule has 0 aliphatic heterocycles. The van der Waals surface area contributed by atoms with Crippen LogP contribution in [0.4, 0.5) is 0 Å². The average Bonchev–Trinajstić information content (AvgIpc) is 2.36. The molecule has 2 unspecified atom stereocenters. The summed E-state index contributed by atoms with van der Waals surface area (Å²) in [5, 5.41) is 40.4. The maximum absolute atomic E-state index is 11.7. The molecule has 212 valence electrons. The Morgan fingerprint density at radius 1 is 0.543 bits per heavy atom. The molecule has 0 aliphatic carbocycles. The molecule has 16 heteroatoms. The van der Waals surface area contributed by atoms with Gasteiger partial charge < -0.3 is 49.8 Å². The summed E-state index contributed by atoms with van der Waals surface area (Å²) in [4.78, 5) is 66.5. The molecular formula is C19H42O14P2. The molecule has 0 heterocycles. The number of carboxylic acid groups (broad SMARTS) is 2. The lowest BCUT2D eigenvalue weighted by molar-refractivity contribution is -0.173. The number of hydrogen-bond acceptors (Lipinski definition) is 6. The van der Waals surface area contributed by atoms with Gasteiger partial charge >= 0.3 is 27.6 Å². The van der Waals surface area contributed by atoms with Crippen molar-refractivity contribution >= 4 is 27.6 Å². The summed E-state index contributed by atoms with van der Waals surface area (Å²) < 4.78 is 17.8. The van der Waals surface area contributed by atoms with Gasteiger partial charge in [-0.15, -0.1) is 0 Å². The largest absolute Gasteiger partial charge is 0.479 e. The summed E-state index contributed by atoms with van der Waals surface area (Å²) in [5.41, 5.74) is -5.70. The number of carbonyl (C=O) groups is 2. The topological polar surface area (TPSA) is 271 Å². The third-order valence-corrected chi connectivity index (χ3v) is 3.98. The highest BCUT2D eigenvalue weighted by molar-refractivity contribution is 7.45. The number of aliphatic hydroxyl groups is 2. The summed E-state index contributed by atoms with van der Waals surface area (Å²) in [6, 6.07) is 0. The Morgan fingerprint density at radius 2 is 0.714 bits per heavy atom. The predicted molar refractivity (Wildman–Crippen MR) is 125 cm³/mol. The highest BCUT2D eigenvalue weighted by Crippen LogP contribution is 2.43. The Bertz CT molecular complexity index is 706. The second-order valence-corrected chi connectivity index (χ2v) is 13.7. The standard InChI is InChI=1S/C19H36O6.2H3O4P/c1-15(2,3)9-18(24,13(20)21)11-17(7,8)12-19(25,14(22)23)10-16(4,5)6;2*1-5(2,3)4/h24-25H,9-12H2,1-8H3,(H,20,21)(H,22,23);2*(H3,1,2,3,4). The van der Waals surface area contributed by atoms with E-state index in [1.54, 1.807) is 13.8 Å². The Kier molecular flexibility index (Phi) is 14.4. The minimum absolute atomic E-state index is 0.0313. The van der Waals surface area contributed by atoms with Crippen LogP contribution in [-0.2, 0) is 18.7 Å². The lowest BCUT2D eigenvalue weighted by Crippen LogP contribution is -2.50. The Hall–Kier alpha value is -0.920. The molecule has 10 N–H and O–H groups in total. The van der Waals surface area contributed by atoms with E-state index >= 15 is 0 Å². The fourth-order valence-electron chi connectivity index (χ4n) is 3.83. The van der Waals surface area contributed by atoms with E-state index in [0.717, 1.165) is 0 Å². The van der Waals surface area contributed by atoms with Crippen molar-refractivity contribution in [2.45, 2.75) is 92.3 Å². The van der Waals surface area contributed by atoms with Crippen LogP contribution >= 0.6 is 15.6 Å². The maximum atomic E-state index is 11.7. The molecule has 0 fully saturated rings. The van der Waals surface area contributed by atoms with E-state index in [0.29, 0.717) is 0 Å². The monoisotopic (exact) mass is 556 g/mol. The van der Waals surface area contributed by atoms with E-state index in [1.807, 2.05) is 41.5 Å². The minimum atomic E-state index is -4.64. The first-order valence-corrected chi connectivity index (χ1v) is 13.3. The molecule has 35 heavy (non-hydrogen) atoms. The lowest BCUT2D eigenvalue weighted by atomic mass is 9.67. The molecule has 0 aromatic rings. The first-order chi connectivity index (χ1) is 14.7. The van der Waals surface area contributed by atoms with Crippen LogP contribution in [0.2, 0.25) is 0 Å². The number of phosphoric acid groups is 2. The molecule has 0 amide bonds. The van der Waals surface area contributed by atoms with Crippen molar-refractivity contribution in [1.29, 1.82) is 0 Å². The van der Waals surface area contributed by atoms with Gasteiger partial charge in [0.2, 0.25) is 0 Å². The normalized spacial score (nSPS) is 16.5. The van der Waals surface area contributed by atoms with Crippen molar-refractivity contribution in [2.75, 3.05) is 0 Å². The van der Waals surface area contributed by atoms with Crippen LogP contribution in [0.15, 0.2) is 0 Å². The molecule has 0 rings (SSSR count). The van der Waals surface area contributed by atoms with Gasteiger partial charge in [-0.05, 0) is 41.9 Å². The van der Waals surface area contributed by atoms with E-state index in [9.17, 15) is 30.0 Å². The summed E-state index contributed by atoms with van der Waals surface area (Å²) in [7, 11) is -9.28. The van der Waals surface area contributed by atoms with Crippen molar-refractivity contribution in [2.24, 2.45) is 16.2 Å². The molecule has 0 bridgehead atoms. The molecule has 0 saturated heterocycles. The maximum Gasteiger partial charge on any atom is 0.466 e. The van der Waals surface area contributed by atoms with Crippen molar-refractivity contribution in [1.82, 2.24) is 0 Å². The van der Waals surface area contributed by atoms with Crippen LogP contribution in [0.3, 0.4) is 0 Å². The van der Waals surface area contributed by atoms with E-state index in [-0.39, 0.29) is 25.7 Å². The zero-order valence-corrected chi connectivity index (χ0v) is 23.1. The first-order valence-electron chi connectivity index (χ1n) is 10.2. The molecule has 14 nitrogen and oxygen atoms in total. The van der Waals surface area contributed by atoms with Crippen LogP contribution < -0.4 is 0 Å². The third-order valence-electron chi connectivity index (χ3n) is 3.98. The van der Waals surface area contributed by atoms with Gasteiger partial charge in [-0.2, -0.15) is 0 Å². The van der Waals surface area contributed by atoms with Gasteiger partial charge in [0.1, 0.15) is 0 Å². The van der Waals surface area contributed by atoms with Crippen LogP contribution in [0.25, 0.3) is 0 Å². The second kappa shape index (κ2) is 13.0. The summed E-state index contributed by atoms with van der Waals surface area (Å²) in [6.07, 6.45) is -0.230. The van der Waals surface area contributed by atoms with Gasteiger partial charge in [0, 0.05) is 0 Å². The van der Waals surface area contributed by atoms with Gasteiger partial charge in [-0.3, -0.25) is 0 Å². The minimum Gasteiger partial charge on any atom is -0.479 e. The van der Waals surface area contributed by atoms with Crippen LogP contribution in [0.1, 0.15) is 81.1 Å². The Morgan fingerprint density at radius 3 is 0.829 bits per heavy atom. The van der Waals surface area contributed by atoms with Crippen molar-refractivity contribution in [3.63, 3.8) is 0 Å². The van der Waals surface area contributed by atoms with Crippen molar-refractivity contribution in [3.05, 3.63) is 0 Å². The van der Waals surface area contributed by atoms with Gasteiger partial charge in [0.05, 0.1) is 0 Å². The smallest absolute Gasteiger partial charge is 0.466 e. The number of aliphatic carboxylic acids is 2. The highest BCUT2D eigenvalue weighted by atomic mass is 31.2. The van der Waals surface area contributed by atoms with Gasteiger partial charge in [-0.1, -0.05) is 55.4 Å². The zero-order valence-electron chi connectivity index (χ0n) is 21.3. The fraction of sp³-hybridized carbons (Fsp3) is 0.895. The fourth-order valence-corrected chi connectivity index (χ4v) is 3.83. The molecule has 0 radical (unpaired) electrons. The predicted octanol–water partition coefficient (Wildman–Crippen LogP) is 1.44. The number of carboxylic acids is 2. The highest BCUT2D eigenvalue weighted by Gasteiger charge is 2.49. The van der Waals surface area contributed by atoms with Gasteiger partial charge in [0.15, 0.2) is 11.2 Å². The van der Waals surface area contributed by atoms with E-state index < -0.39 is 55.0 Å². The lowest BCUT2D eigenvalue weighted by Gasteiger charge is -2.41. The number of hydrogen-bond donors (Lipinski definition) is 10. The van der Waals surface area contributed by atoms with Gasteiger partial charge in [0.25, 0.3) is 0 Å². The quantitative estimate of drug-likeness (QED) is 0.190. The molecule has 0 aromatic carbocycles. The number of rotatable bonds is 8. The molecule has 2 atom stereocenters. The van der Waals surface area contributed by atoms with E-state index in [4.69, 9.17) is 38.5 Å². The Labute approximate surface area is 205 Å². The van der Waals surface area contributed by atoms with Crippen LogP contribution in [-0.4, -0.2) is 72.9 Å². The summed E-state index contributed by atoms with van der Waals surface area (Å²) >= 11 is 0. The van der Waals surface area contributed by atoms with Gasteiger partial charge in [-0.25, -0.2) is 18.7 Å². The molecule has 0 saturated carbocycles. The first kappa shape index (κ1) is 38.6. The molecule has 0 spiro atoms. The molecular weight excluding hydrogens is 514 g/mol. The van der Waals surface area contributed by atoms with Crippen molar-refractivity contribution in [3.8, 4) is 0 Å². The van der Waals surface area contributed by atoms with E-state index in [2.05, 4.69) is 0 Å². The molecule has 0 aliphatic rings. The Balaban J connectivity index is -0.000000853. The average molecular weight is 556 g/mol. The van der Waals surface area contributed by atoms with E-state index in [1.165, 1.54) is 0 Å². The van der Waals surface area contributed by atoms with Crippen molar-refractivity contribution < 1.29 is 68.5 Å².